The van der Waals surface area contributed by atoms with Crippen LogP contribution in [0.25, 0.3) is 0 Å². The molecule has 0 aromatic rings. The maximum Gasteiger partial charge on any atom is 0.323 e. The smallest absolute Gasteiger partial charge is 0.323 e. The molecule has 0 amide bonds. The maximum atomic E-state index is 11.5. The lowest BCUT2D eigenvalue weighted by atomic mass is 9.96. The lowest BCUT2D eigenvalue weighted by Gasteiger charge is -2.34. The fourth-order valence-corrected chi connectivity index (χ4v) is 2.27. The van der Waals surface area contributed by atoms with Gasteiger partial charge in [0, 0.05) is 25.2 Å². The van der Waals surface area contributed by atoms with E-state index in [0.29, 0.717) is 18.4 Å². The molecule has 114 valence electrons. The summed E-state index contributed by atoms with van der Waals surface area (Å²) in [4.78, 5) is 13.8. The molecule has 19 heavy (non-hydrogen) atoms. The van der Waals surface area contributed by atoms with Gasteiger partial charge < -0.3 is 10.0 Å². The van der Waals surface area contributed by atoms with Crippen molar-refractivity contribution in [1.82, 2.24) is 10.2 Å². The van der Waals surface area contributed by atoms with Gasteiger partial charge in [0.15, 0.2) is 0 Å². The van der Waals surface area contributed by atoms with E-state index in [9.17, 15) is 9.90 Å². The first-order valence-electron chi connectivity index (χ1n) is 7.33. The first-order chi connectivity index (χ1) is 8.58. The van der Waals surface area contributed by atoms with Gasteiger partial charge in [-0.2, -0.15) is 0 Å². The zero-order valence-electron chi connectivity index (χ0n) is 13.7. The highest BCUT2D eigenvalue weighted by Gasteiger charge is 2.33. The Labute approximate surface area is 118 Å². The van der Waals surface area contributed by atoms with Crippen LogP contribution in [-0.2, 0) is 4.79 Å². The topological polar surface area (TPSA) is 52.6 Å². The van der Waals surface area contributed by atoms with E-state index < -0.39 is 11.5 Å². The highest BCUT2D eigenvalue weighted by molar-refractivity contribution is 5.78. The largest absolute Gasteiger partial charge is 0.480 e. The summed E-state index contributed by atoms with van der Waals surface area (Å²) in [7, 11) is 0. The Bertz CT molecular complexity index is 277. The summed E-state index contributed by atoms with van der Waals surface area (Å²) >= 11 is 0. The highest BCUT2D eigenvalue weighted by atomic mass is 16.4. The first-order valence-corrected chi connectivity index (χ1v) is 7.33. The number of carbonyl (C=O) groups is 1. The molecule has 0 aliphatic rings. The van der Waals surface area contributed by atoms with Crippen molar-refractivity contribution in [3.05, 3.63) is 0 Å². The second-order valence-electron chi connectivity index (χ2n) is 6.67. The van der Waals surface area contributed by atoms with Crippen LogP contribution >= 0.6 is 0 Å². The number of aliphatic carboxylic acids is 1. The fraction of sp³-hybridized carbons (Fsp3) is 0.933. The van der Waals surface area contributed by atoms with Crippen LogP contribution in [0.15, 0.2) is 0 Å². The molecular formula is C15H32N2O2. The SMILES string of the molecule is CC(C)CN(CCC(C)(NC(C)C)C(=O)O)C(C)C. The Kier molecular flexibility index (Phi) is 7.60. The zero-order valence-corrected chi connectivity index (χ0v) is 13.7. The molecule has 4 nitrogen and oxygen atoms in total. The van der Waals surface area contributed by atoms with Gasteiger partial charge in [-0.25, -0.2) is 0 Å². The summed E-state index contributed by atoms with van der Waals surface area (Å²) in [6.45, 7) is 16.3. The highest BCUT2D eigenvalue weighted by Crippen LogP contribution is 2.15. The Hall–Kier alpha value is -0.610. The standard InChI is InChI=1S/C15H32N2O2/c1-11(2)10-17(13(5)6)9-8-15(7,14(18)19)16-12(3)4/h11-13,16H,8-10H2,1-7H3,(H,18,19). The van der Waals surface area contributed by atoms with Crippen LogP contribution in [0, 0.1) is 5.92 Å². The minimum atomic E-state index is -0.849. The summed E-state index contributed by atoms with van der Waals surface area (Å²) in [5.41, 5.74) is -0.849. The van der Waals surface area contributed by atoms with Crippen LogP contribution < -0.4 is 5.32 Å². The summed E-state index contributed by atoms with van der Waals surface area (Å²) in [5, 5.41) is 12.6. The molecule has 1 atom stereocenters. The minimum Gasteiger partial charge on any atom is -0.480 e. The number of hydrogen-bond donors (Lipinski definition) is 2. The molecule has 2 N–H and O–H groups in total. The molecule has 0 spiro atoms. The maximum absolute atomic E-state index is 11.5. The monoisotopic (exact) mass is 272 g/mol. The minimum absolute atomic E-state index is 0.165. The lowest BCUT2D eigenvalue weighted by molar-refractivity contribution is -0.145. The average Bonchev–Trinajstić information content (AvgIpc) is 2.22. The quantitative estimate of drug-likeness (QED) is 0.677. The summed E-state index contributed by atoms with van der Waals surface area (Å²) in [6.07, 6.45) is 0.616. The van der Waals surface area contributed by atoms with Gasteiger partial charge in [-0.3, -0.25) is 10.1 Å². The Morgan fingerprint density at radius 2 is 1.74 bits per heavy atom. The second-order valence-corrected chi connectivity index (χ2v) is 6.67. The summed E-state index contributed by atoms with van der Waals surface area (Å²) in [6, 6.07) is 0.609. The summed E-state index contributed by atoms with van der Waals surface area (Å²) in [5.74, 6) is -0.175. The molecule has 0 heterocycles. The molecule has 0 fully saturated rings. The first kappa shape index (κ1) is 18.4. The molecule has 0 saturated carbocycles. The van der Waals surface area contributed by atoms with Crippen molar-refractivity contribution in [3.63, 3.8) is 0 Å². The predicted octanol–water partition coefficient (Wildman–Crippen LogP) is 2.58. The van der Waals surface area contributed by atoms with Crippen molar-refractivity contribution in [2.45, 2.75) is 72.5 Å². The van der Waals surface area contributed by atoms with Gasteiger partial charge in [0.25, 0.3) is 0 Å². The van der Waals surface area contributed by atoms with Crippen LogP contribution in [0.5, 0.6) is 0 Å². The van der Waals surface area contributed by atoms with Crippen LogP contribution in [-0.4, -0.2) is 46.7 Å². The van der Waals surface area contributed by atoms with Crippen molar-refractivity contribution < 1.29 is 9.90 Å². The Morgan fingerprint density at radius 1 is 1.21 bits per heavy atom. The van der Waals surface area contributed by atoms with Crippen molar-refractivity contribution in [2.75, 3.05) is 13.1 Å². The van der Waals surface area contributed by atoms with E-state index in [2.05, 4.69) is 37.9 Å². The van der Waals surface area contributed by atoms with Crippen molar-refractivity contribution >= 4 is 5.97 Å². The van der Waals surface area contributed by atoms with E-state index in [-0.39, 0.29) is 6.04 Å². The van der Waals surface area contributed by atoms with Gasteiger partial charge in [0.1, 0.15) is 5.54 Å². The molecule has 0 rings (SSSR count). The van der Waals surface area contributed by atoms with Gasteiger partial charge in [0.05, 0.1) is 0 Å². The number of nitrogens with zero attached hydrogens (tertiary/aromatic N) is 1. The van der Waals surface area contributed by atoms with E-state index in [1.807, 2.05) is 13.8 Å². The number of carboxylic acids is 1. The van der Waals surface area contributed by atoms with Crippen molar-refractivity contribution in [3.8, 4) is 0 Å². The third kappa shape index (κ3) is 6.92. The van der Waals surface area contributed by atoms with Crippen LogP contribution in [0.1, 0.15) is 54.9 Å². The van der Waals surface area contributed by atoms with Crippen LogP contribution in [0.4, 0.5) is 0 Å². The molecule has 0 saturated heterocycles. The van der Waals surface area contributed by atoms with Crippen molar-refractivity contribution in [1.29, 1.82) is 0 Å². The Balaban J connectivity index is 4.63. The number of carboxylic acid groups (broad SMARTS) is 1. The van der Waals surface area contributed by atoms with E-state index >= 15 is 0 Å². The summed E-state index contributed by atoms with van der Waals surface area (Å²) < 4.78 is 0. The van der Waals surface area contributed by atoms with E-state index in [0.717, 1.165) is 13.1 Å². The third-order valence-corrected chi connectivity index (χ3v) is 3.31. The van der Waals surface area contributed by atoms with Crippen LogP contribution in [0.3, 0.4) is 0 Å². The average molecular weight is 272 g/mol. The van der Waals surface area contributed by atoms with Gasteiger partial charge in [0.2, 0.25) is 0 Å². The van der Waals surface area contributed by atoms with Gasteiger partial charge in [-0.15, -0.1) is 0 Å². The normalized spacial score (nSPS) is 15.5. The Morgan fingerprint density at radius 3 is 2.05 bits per heavy atom. The molecule has 0 aliphatic heterocycles. The zero-order chi connectivity index (χ0) is 15.2. The van der Waals surface area contributed by atoms with Gasteiger partial charge in [-0.05, 0) is 47.0 Å². The molecule has 0 aromatic carbocycles. The second kappa shape index (κ2) is 7.85. The van der Waals surface area contributed by atoms with E-state index in [4.69, 9.17) is 0 Å². The molecule has 4 heteroatoms. The van der Waals surface area contributed by atoms with Gasteiger partial charge >= 0.3 is 5.97 Å². The molecule has 1 unspecified atom stereocenters. The number of hydrogen-bond acceptors (Lipinski definition) is 3. The number of rotatable bonds is 9. The van der Waals surface area contributed by atoms with Gasteiger partial charge in [-0.1, -0.05) is 13.8 Å². The van der Waals surface area contributed by atoms with E-state index in [1.54, 1.807) is 6.92 Å². The molecular weight excluding hydrogens is 240 g/mol. The van der Waals surface area contributed by atoms with E-state index in [1.165, 1.54) is 0 Å². The van der Waals surface area contributed by atoms with Crippen LogP contribution in [0.2, 0.25) is 0 Å². The lowest BCUT2D eigenvalue weighted by Crippen LogP contribution is -2.54. The fourth-order valence-electron chi connectivity index (χ4n) is 2.27. The molecule has 0 radical (unpaired) electrons. The number of nitrogens with one attached hydrogen (secondary N) is 1. The predicted molar refractivity (Wildman–Crippen MR) is 80.5 cm³/mol. The van der Waals surface area contributed by atoms with Crippen molar-refractivity contribution in [2.24, 2.45) is 5.92 Å². The molecule has 0 aliphatic carbocycles. The molecule has 0 aromatic heterocycles. The third-order valence-electron chi connectivity index (χ3n) is 3.31. The molecule has 0 bridgehead atoms.